The number of carbonyl (C=O) groups is 1. The first kappa shape index (κ1) is 19.5. The zero-order chi connectivity index (χ0) is 20.1. The smallest absolute Gasteiger partial charge is 0.234 e. The summed E-state index contributed by atoms with van der Waals surface area (Å²) in [4.78, 5) is 19.1. The Morgan fingerprint density at radius 2 is 2.17 bits per heavy atom. The standard InChI is InChI=1S/C23H27N3O3/c1-17-6-4-8-19(14-17)28-13-11-24-22(27)16-26-12-5-7-18(15-26)23-25-20-9-2-3-10-21(20)29-23/h2-4,6,8-10,14,18H,5,7,11-13,15-16H2,1H3,(H,24,27). The van der Waals surface area contributed by atoms with Gasteiger partial charge in [0.05, 0.1) is 13.1 Å². The van der Waals surface area contributed by atoms with E-state index in [4.69, 9.17) is 9.15 Å². The van der Waals surface area contributed by atoms with E-state index >= 15 is 0 Å². The first-order valence-corrected chi connectivity index (χ1v) is 10.2. The second-order valence-corrected chi connectivity index (χ2v) is 7.61. The van der Waals surface area contributed by atoms with Crippen molar-refractivity contribution in [2.24, 2.45) is 0 Å². The first-order valence-electron chi connectivity index (χ1n) is 10.2. The summed E-state index contributed by atoms with van der Waals surface area (Å²) in [7, 11) is 0. The molecule has 1 unspecified atom stereocenters. The third kappa shape index (κ3) is 5.15. The van der Waals surface area contributed by atoms with Gasteiger partial charge in [-0.05, 0) is 56.1 Å². The highest BCUT2D eigenvalue weighted by Crippen LogP contribution is 2.28. The maximum Gasteiger partial charge on any atom is 0.234 e. The normalized spacial score (nSPS) is 17.3. The SMILES string of the molecule is Cc1cccc(OCCNC(=O)CN2CCCC(c3nc4ccccc4o3)C2)c1. The second-order valence-electron chi connectivity index (χ2n) is 7.61. The maximum atomic E-state index is 12.3. The van der Waals surface area contributed by atoms with Crippen LogP contribution in [0.15, 0.2) is 52.9 Å². The topological polar surface area (TPSA) is 67.6 Å². The molecule has 1 amide bonds. The zero-order valence-corrected chi connectivity index (χ0v) is 16.8. The molecule has 0 saturated carbocycles. The largest absolute Gasteiger partial charge is 0.492 e. The lowest BCUT2D eigenvalue weighted by Gasteiger charge is -2.30. The summed E-state index contributed by atoms with van der Waals surface area (Å²) in [5.41, 5.74) is 2.88. The number of para-hydroxylation sites is 2. The van der Waals surface area contributed by atoms with E-state index in [9.17, 15) is 4.79 Å². The van der Waals surface area contributed by atoms with Gasteiger partial charge in [0, 0.05) is 12.5 Å². The van der Waals surface area contributed by atoms with Crippen LogP contribution in [-0.4, -0.2) is 48.6 Å². The van der Waals surface area contributed by atoms with Gasteiger partial charge in [0.1, 0.15) is 17.9 Å². The molecule has 0 radical (unpaired) electrons. The van der Waals surface area contributed by atoms with Crippen LogP contribution in [0.4, 0.5) is 0 Å². The minimum atomic E-state index is 0.0241. The molecule has 1 saturated heterocycles. The molecule has 4 rings (SSSR count). The Bertz CT molecular complexity index is 936. The van der Waals surface area contributed by atoms with Gasteiger partial charge in [0.25, 0.3) is 0 Å². The molecule has 1 N–H and O–H groups in total. The molecule has 1 aliphatic heterocycles. The van der Waals surface area contributed by atoms with E-state index in [-0.39, 0.29) is 11.8 Å². The van der Waals surface area contributed by atoms with Gasteiger partial charge >= 0.3 is 0 Å². The van der Waals surface area contributed by atoms with Crippen LogP contribution in [0.1, 0.15) is 30.2 Å². The lowest BCUT2D eigenvalue weighted by Crippen LogP contribution is -2.42. The number of oxazole rings is 1. The zero-order valence-electron chi connectivity index (χ0n) is 16.8. The van der Waals surface area contributed by atoms with Crippen molar-refractivity contribution in [2.75, 3.05) is 32.8 Å². The van der Waals surface area contributed by atoms with Gasteiger partial charge < -0.3 is 14.5 Å². The van der Waals surface area contributed by atoms with Crippen LogP contribution in [0, 0.1) is 6.92 Å². The molecule has 2 heterocycles. The number of amides is 1. The summed E-state index contributed by atoms with van der Waals surface area (Å²) in [6.07, 6.45) is 2.07. The van der Waals surface area contributed by atoms with Crippen molar-refractivity contribution in [1.29, 1.82) is 0 Å². The summed E-state index contributed by atoms with van der Waals surface area (Å²) in [6.45, 7) is 5.09. The number of aromatic nitrogens is 1. The molecule has 0 spiro atoms. The molecule has 2 aromatic carbocycles. The van der Waals surface area contributed by atoms with Gasteiger partial charge in [-0.25, -0.2) is 4.98 Å². The molecule has 152 valence electrons. The number of nitrogens with zero attached hydrogens (tertiary/aromatic N) is 2. The Morgan fingerprint density at radius 1 is 1.28 bits per heavy atom. The van der Waals surface area contributed by atoms with Crippen molar-refractivity contribution >= 4 is 17.0 Å². The van der Waals surface area contributed by atoms with Crippen LogP contribution in [-0.2, 0) is 4.79 Å². The number of aryl methyl sites for hydroxylation is 1. The van der Waals surface area contributed by atoms with E-state index in [0.29, 0.717) is 19.7 Å². The third-order valence-corrected chi connectivity index (χ3v) is 5.21. The van der Waals surface area contributed by atoms with Crippen LogP contribution in [0.25, 0.3) is 11.1 Å². The van der Waals surface area contributed by atoms with Crippen molar-refractivity contribution in [3.63, 3.8) is 0 Å². The number of ether oxygens (including phenoxy) is 1. The fraction of sp³-hybridized carbons (Fsp3) is 0.391. The van der Waals surface area contributed by atoms with Crippen molar-refractivity contribution in [2.45, 2.75) is 25.7 Å². The molecule has 1 fully saturated rings. The van der Waals surface area contributed by atoms with Crippen LogP contribution < -0.4 is 10.1 Å². The van der Waals surface area contributed by atoms with Crippen molar-refractivity contribution in [3.05, 3.63) is 60.0 Å². The number of fused-ring (bicyclic) bond motifs is 1. The van der Waals surface area contributed by atoms with Crippen molar-refractivity contribution < 1.29 is 13.9 Å². The lowest BCUT2D eigenvalue weighted by molar-refractivity contribution is -0.122. The van der Waals surface area contributed by atoms with Gasteiger partial charge in [0.15, 0.2) is 11.5 Å². The number of nitrogens with one attached hydrogen (secondary N) is 1. The number of carbonyl (C=O) groups excluding carboxylic acids is 1. The molecule has 29 heavy (non-hydrogen) atoms. The fourth-order valence-corrected chi connectivity index (χ4v) is 3.79. The predicted octanol–water partition coefficient (Wildman–Crippen LogP) is 3.51. The fourth-order valence-electron chi connectivity index (χ4n) is 3.79. The molecule has 0 bridgehead atoms. The summed E-state index contributed by atoms with van der Waals surface area (Å²) in [5.74, 6) is 1.86. The number of rotatable bonds is 7. The first-order chi connectivity index (χ1) is 14.2. The average Bonchev–Trinajstić information content (AvgIpc) is 3.16. The van der Waals surface area contributed by atoms with Gasteiger partial charge in [-0.2, -0.15) is 0 Å². The minimum Gasteiger partial charge on any atom is -0.492 e. The Morgan fingerprint density at radius 3 is 3.03 bits per heavy atom. The van der Waals surface area contributed by atoms with Crippen molar-refractivity contribution in [1.82, 2.24) is 15.2 Å². The highest BCUT2D eigenvalue weighted by molar-refractivity contribution is 5.78. The van der Waals surface area contributed by atoms with Gasteiger partial charge in [0.2, 0.25) is 5.91 Å². The van der Waals surface area contributed by atoms with Crippen LogP contribution in [0.5, 0.6) is 5.75 Å². The number of likely N-dealkylation sites (tertiary alicyclic amines) is 1. The van der Waals surface area contributed by atoms with Gasteiger partial charge in [-0.1, -0.05) is 24.3 Å². The average molecular weight is 393 g/mol. The van der Waals surface area contributed by atoms with Gasteiger partial charge in [-0.3, -0.25) is 9.69 Å². The number of piperidine rings is 1. The molecular formula is C23H27N3O3. The molecule has 1 aliphatic rings. The summed E-state index contributed by atoms with van der Waals surface area (Å²) >= 11 is 0. The molecule has 6 nitrogen and oxygen atoms in total. The Labute approximate surface area is 170 Å². The van der Waals surface area contributed by atoms with Gasteiger partial charge in [-0.15, -0.1) is 0 Å². The molecule has 6 heteroatoms. The summed E-state index contributed by atoms with van der Waals surface area (Å²) < 4.78 is 11.6. The van der Waals surface area contributed by atoms with E-state index in [0.717, 1.165) is 54.2 Å². The number of hydrogen-bond donors (Lipinski definition) is 1. The molecular weight excluding hydrogens is 366 g/mol. The quantitative estimate of drug-likeness (QED) is 0.622. The Balaban J connectivity index is 1.23. The second kappa shape index (κ2) is 9.09. The minimum absolute atomic E-state index is 0.0241. The predicted molar refractivity (Wildman–Crippen MR) is 112 cm³/mol. The van der Waals surface area contributed by atoms with E-state index in [1.165, 1.54) is 0 Å². The van der Waals surface area contributed by atoms with E-state index in [1.807, 2.05) is 55.5 Å². The monoisotopic (exact) mass is 393 g/mol. The third-order valence-electron chi connectivity index (χ3n) is 5.21. The molecule has 0 aliphatic carbocycles. The van der Waals surface area contributed by atoms with Crippen LogP contribution in [0.3, 0.4) is 0 Å². The van der Waals surface area contributed by atoms with E-state index in [1.54, 1.807) is 0 Å². The number of benzene rings is 2. The molecule has 3 aromatic rings. The highest BCUT2D eigenvalue weighted by Gasteiger charge is 2.26. The lowest BCUT2D eigenvalue weighted by atomic mass is 9.98. The summed E-state index contributed by atoms with van der Waals surface area (Å²) in [5, 5.41) is 2.95. The van der Waals surface area contributed by atoms with Crippen LogP contribution in [0.2, 0.25) is 0 Å². The van der Waals surface area contributed by atoms with Crippen LogP contribution >= 0.6 is 0 Å². The molecule has 1 aromatic heterocycles. The van der Waals surface area contributed by atoms with E-state index < -0.39 is 0 Å². The van der Waals surface area contributed by atoms with Crippen molar-refractivity contribution in [3.8, 4) is 5.75 Å². The number of hydrogen-bond acceptors (Lipinski definition) is 5. The van der Waals surface area contributed by atoms with E-state index in [2.05, 4.69) is 15.2 Å². The summed E-state index contributed by atoms with van der Waals surface area (Å²) in [6, 6.07) is 15.7. The maximum absolute atomic E-state index is 12.3. The molecule has 1 atom stereocenters. The highest BCUT2D eigenvalue weighted by atomic mass is 16.5. The Kier molecular flexibility index (Phi) is 6.10. The Hall–Kier alpha value is -2.86.